The molecule has 12 aromatic rings. The molecule has 0 aliphatic rings. The zero-order chi connectivity index (χ0) is 33.2. The van der Waals surface area contributed by atoms with Gasteiger partial charge in [0.25, 0.3) is 0 Å². The fourth-order valence-corrected chi connectivity index (χ4v) is 9.52. The fraction of sp³-hybridized carbons (Fsp3) is 0. The van der Waals surface area contributed by atoms with Crippen molar-refractivity contribution in [2.75, 3.05) is 0 Å². The van der Waals surface area contributed by atoms with Crippen LogP contribution in [-0.4, -0.2) is 17.9 Å². The van der Waals surface area contributed by atoms with Gasteiger partial charge in [0, 0.05) is 32.3 Å². The first-order valence-corrected chi connectivity index (χ1v) is 18.0. The highest BCUT2D eigenvalue weighted by molar-refractivity contribution is 7.00. The molecule has 9 aromatic carbocycles. The molecule has 0 N–H and O–H groups in total. The largest absolute Gasteiger partial charge is 0.306 e. The maximum atomic E-state index is 5.07. The summed E-state index contributed by atoms with van der Waals surface area (Å²) in [5.41, 5.74) is 8.57. The molecule has 0 fully saturated rings. The van der Waals surface area contributed by atoms with Crippen LogP contribution >= 0.6 is 11.7 Å². The lowest BCUT2D eigenvalue weighted by Crippen LogP contribution is -2.01. The van der Waals surface area contributed by atoms with E-state index >= 15 is 0 Å². The molecule has 0 saturated carbocycles. The predicted molar refractivity (Wildman–Crippen MR) is 216 cm³/mol. The fourth-order valence-electron chi connectivity index (χ4n) is 8.96. The standard InChI is InChI=1S/C46H26N4S/c1-5-17-31-27(13-1)29-15-3-7-19-33(29)45-41(31)35-21-9-11-23-37(35)49(45)39-25-26-40(44-43(39)47-51-48-44)50-38-24-12-10-22-36(38)42-32-18-6-2-14-28(32)30-16-4-8-20-34(30)46(42)50/h1-26H. The molecule has 0 spiro atoms. The smallest absolute Gasteiger partial charge is 0.130 e. The number of hydrogen-bond acceptors (Lipinski definition) is 3. The highest BCUT2D eigenvalue weighted by Gasteiger charge is 2.24. The first kappa shape index (κ1) is 27.3. The summed E-state index contributed by atoms with van der Waals surface area (Å²) in [5.74, 6) is 0. The number of benzene rings is 9. The summed E-state index contributed by atoms with van der Waals surface area (Å²) >= 11 is 1.28. The Morgan fingerprint density at radius 2 is 0.627 bits per heavy atom. The second kappa shape index (κ2) is 10.0. The SMILES string of the molecule is c1ccc2c(c1)c1ccccc1c1c2c2ccccc2n1-c1ccc(-n2c3ccccc3c3c4ccccc4c4ccccc4c32)c2nsnc12. The molecule has 0 saturated heterocycles. The van der Waals surface area contributed by atoms with Gasteiger partial charge in [-0.1, -0.05) is 133 Å². The Bertz CT molecular complexity index is 3210. The van der Waals surface area contributed by atoms with E-state index in [1.54, 1.807) is 0 Å². The number of fused-ring (bicyclic) bond motifs is 17. The van der Waals surface area contributed by atoms with Gasteiger partial charge in [0.05, 0.1) is 45.2 Å². The van der Waals surface area contributed by atoms with E-state index in [0.29, 0.717) is 0 Å². The minimum absolute atomic E-state index is 0.897. The van der Waals surface area contributed by atoms with Gasteiger partial charge in [-0.2, -0.15) is 8.75 Å². The second-order valence-electron chi connectivity index (χ2n) is 13.4. The zero-order valence-corrected chi connectivity index (χ0v) is 28.0. The number of rotatable bonds is 2. The lowest BCUT2D eigenvalue weighted by atomic mass is 9.97. The molecule has 0 radical (unpaired) electrons. The Morgan fingerprint density at radius 3 is 1.04 bits per heavy atom. The number of aromatic nitrogens is 4. The monoisotopic (exact) mass is 666 g/mol. The van der Waals surface area contributed by atoms with Crippen molar-refractivity contribution in [1.82, 2.24) is 17.9 Å². The summed E-state index contributed by atoms with van der Waals surface area (Å²) in [4.78, 5) is 0. The van der Waals surface area contributed by atoms with Crippen LogP contribution in [0.3, 0.4) is 0 Å². The van der Waals surface area contributed by atoms with Crippen LogP contribution in [0.25, 0.3) is 109 Å². The van der Waals surface area contributed by atoms with E-state index in [2.05, 4.69) is 167 Å². The summed E-state index contributed by atoms with van der Waals surface area (Å²) in [6.45, 7) is 0. The van der Waals surface area contributed by atoms with Gasteiger partial charge < -0.3 is 9.13 Å². The zero-order valence-electron chi connectivity index (χ0n) is 27.2. The molecule has 236 valence electrons. The molecule has 12 rings (SSSR count). The van der Waals surface area contributed by atoms with E-state index < -0.39 is 0 Å². The maximum Gasteiger partial charge on any atom is 0.130 e. The third kappa shape index (κ3) is 3.48. The minimum atomic E-state index is 0.897. The average molecular weight is 667 g/mol. The molecule has 5 heteroatoms. The number of hydrogen-bond donors (Lipinski definition) is 0. The molecule has 0 aliphatic heterocycles. The molecule has 0 amide bonds. The Morgan fingerprint density at radius 1 is 0.314 bits per heavy atom. The van der Waals surface area contributed by atoms with Crippen LogP contribution < -0.4 is 0 Å². The Kier molecular flexibility index (Phi) is 5.35. The topological polar surface area (TPSA) is 35.6 Å². The van der Waals surface area contributed by atoms with Crippen LogP contribution in [0, 0.1) is 0 Å². The van der Waals surface area contributed by atoms with Gasteiger partial charge >= 0.3 is 0 Å². The molecule has 0 bridgehead atoms. The van der Waals surface area contributed by atoms with Gasteiger partial charge in [-0.25, -0.2) is 0 Å². The summed E-state index contributed by atoms with van der Waals surface area (Å²) in [6, 6.07) is 57.3. The third-order valence-corrected chi connectivity index (χ3v) is 11.5. The Labute approximate surface area is 295 Å². The van der Waals surface area contributed by atoms with Crippen molar-refractivity contribution in [2.45, 2.75) is 0 Å². The highest BCUT2D eigenvalue weighted by Crippen LogP contribution is 2.46. The van der Waals surface area contributed by atoms with Crippen LogP contribution in [0.2, 0.25) is 0 Å². The molecule has 0 aliphatic carbocycles. The van der Waals surface area contributed by atoms with E-state index in [4.69, 9.17) is 8.75 Å². The van der Waals surface area contributed by atoms with Crippen LogP contribution in [0.5, 0.6) is 0 Å². The second-order valence-corrected chi connectivity index (χ2v) is 13.9. The molecule has 0 atom stereocenters. The van der Waals surface area contributed by atoms with E-state index in [0.717, 1.165) is 33.4 Å². The number of nitrogens with zero attached hydrogens (tertiary/aromatic N) is 4. The van der Waals surface area contributed by atoms with Crippen molar-refractivity contribution in [3.05, 3.63) is 158 Å². The summed E-state index contributed by atoms with van der Waals surface area (Å²) in [5, 5.41) is 15.0. The van der Waals surface area contributed by atoms with E-state index in [-0.39, 0.29) is 0 Å². The molecule has 51 heavy (non-hydrogen) atoms. The van der Waals surface area contributed by atoms with E-state index in [1.807, 2.05) is 0 Å². The van der Waals surface area contributed by atoms with Gasteiger partial charge in [-0.05, 0) is 56.6 Å². The first-order valence-electron chi connectivity index (χ1n) is 17.3. The van der Waals surface area contributed by atoms with Crippen molar-refractivity contribution in [1.29, 1.82) is 0 Å². The molecule has 4 nitrogen and oxygen atoms in total. The van der Waals surface area contributed by atoms with Gasteiger partial charge in [0.1, 0.15) is 11.0 Å². The quantitative estimate of drug-likeness (QED) is 0.172. The summed E-state index contributed by atoms with van der Waals surface area (Å²) in [7, 11) is 0. The van der Waals surface area contributed by atoms with Crippen molar-refractivity contribution in [3.8, 4) is 11.4 Å². The van der Waals surface area contributed by atoms with E-state index in [9.17, 15) is 0 Å². The van der Waals surface area contributed by atoms with Gasteiger partial charge in [-0.15, -0.1) is 0 Å². The molecular formula is C46H26N4S. The molecule has 3 aromatic heterocycles. The third-order valence-electron chi connectivity index (χ3n) is 10.9. The van der Waals surface area contributed by atoms with Crippen molar-refractivity contribution in [2.24, 2.45) is 0 Å². The van der Waals surface area contributed by atoms with E-state index in [1.165, 1.54) is 87.4 Å². The van der Waals surface area contributed by atoms with Crippen molar-refractivity contribution >= 4 is 109 Å². The van der Waals surface area contributed by atoms with Crippen LogP contribution in [0.4, 0.5) is 0 Å². The predicted octanol–water partition coefficient (Wildman–Crippen LogP) is 12.5. The van der Waals surface area contributed by atoms with Gasteiger partial charge in [0.2, 0.25) is 0 Å². The van der Waals surface area contributed by atoms with Crippen molar-refractivity contribution < 1.29 is 0 Å². The Balaban J connectivity index is 1.25. The van der Waals surface area contributed by atoms with Gasteiger partial charge in [-0.3, -0.25) is 0 Å². The lowest BCUT2D eigenvalue weighted by molar-refractivity contribution is 1.17. The number of para-hydroxylation sites is 2. The molecule has 3 heterocycles. The van der Waals surface area contributed by atoms with Crippen molar-refractivity contribution in [3.63, 3.8) is 0 Å². The van der Waals surface area contributed by atoms with Crippen LogP contribution in [0.1, 0.15) is 0 Å². The Hall–Kier alpha value is -6.56. The van der Waals surface area contributed by atoms with Crippen LogP contribution in [0.15, 0.2) is 158 Å². The highest BCUT2D eigenvalue weighted by atomic mass is 32.1. The molecule has 0 unspecified atom stereocenters. The average Bonchev–Trinajstić information content (AvgIpc) is 3.92. The lowest BCUT2D eigenvalue weighted by Gasteiger charge is -2.15. The first-order chi connectivity index (χ1) is 25.4. The maximum absolute atomic E-state index is 5.07. The van der Waals surface area contributed by atoms with Gasteiger partial charge in [0.15, 0.2) is 0 Å². The van der Waals surface area contributed by atoms with Crippen LogP contribution in [-0.2, 0) is 0 Å². The summed E-state index contributed by atoms with van der Waals surface area (Å²) < 4.78 is 15.0. The molecular weight excluding hydrogens is 641 g/mol. The normalized spacial score (nSPS) is 12.3. The summed E-state index contributed by atoms with van der Waals surface area (Å²) in [6.07, 6.45) is 0. The minimum Gasteiger partial charge on any atom is -0.306 e.